The number of H-pyrrole nitrogens is 1. The lowest BCUT2D eigenvalue weighted by molar-refractivity contribution is 0.432. The molecule has 0 unspecified atom stereocenters. The standard InChI is InChI=1S/C21H20N6O2/c1-2-13-4-3-5-15(10-13)19-25-21(29-26-19)16-12-23-27-17(11-18(28)24-20(16)27)14-6-8-22-9-7-14/h2-5,10-12,14,22H,1,6-9H2,(H,24,28). The first-order valence-corrected chi connectivity index (χ1v) is 9.61. The van der Waals surface area contributed by atoms with E-state index >= 15 is 0 Å². The molecule has 1 fully saturated rings. The van der Waals surface area contributed by atoms with Crippen molar-refractivity contribution in [1.82, 2.24) is 30.1 Å². The van der Waals surface area contributed by atoms with Crippen LogP contribution in [-0.2, 0) is 0 Å². The predicted molar refractivity (Wildman–Crippen MR) is 109 cm³/mol. The Morgan fingerprint density at radius 2 is 2.10 bits per heavy atom. The van der Waals surface area contributed by atoms with Crippen LogP contribution in [0.15, 0.2) is 52.4 Å². The molecule has 1 aliphatic rings. The number of hydrogen-bond donors (Lipinski definition) is 2. The average Bonchev–Trinajstić information content (AvgIpc) is 3.41. The van der Waals surface area contributed by atoms with Crippen LogP contribution in [0.5, 0.6) is 0 Å². The highest BCUT2D eigenvalue weighted by Gasteiger charge is 2.22. The molecule has 0 aliphatic carbocycles. The lowest BCUT2D eigenvalue weighted by Crippen LogP contribution is -2.28. The third-order valence-corrected chi connectivity index (χ3v) is 5.33. The average molecular weight is 388 g/mol. The van der Waals surface area contributed by atoms with Crippen LogP contribution >= 0.6 is 0 Å². The first-order valence-electron chi connectivity index (χ1n) is 9.61. The number of aromatic amines is 1. The minimum atomic E-state index is -0.161. The van der Waals surface area contributed by atoms with Crippen molar-refractivity contribution in [2.75, 3.05) is 13.1 Å². The van der Waals surface area contributed by atoms with Gasteiger partial charge in [-0.15, -0.1) is 0 Å². The Morgan fingerprint density at radius 1 is 1.24 bits per heavy atom. The van der Waals surface area contributed by atoms with Gasteiger partial charge in [0.2, 0.25) is 5.82 Å². The van der Waals surface area contributed by atoms with Crippen molar-refractivity contribution < 1.29 is 4.52 Å². The van der Waals surface area contributed by atoms with Gasteiger partial charge in [0.1, 0.15) is 11.2 Å². The maximum absolute atomic E-state index is 12.3. The van der Waals surface area contributed by atoms with Crippen LogP contribution in [0.3, 0.4) is 0 Å². The summed E-state index contributed by atoms with van der Waals surface area (Å²) < 4.78 is 7.28. The fraction of sp³-hybridized carbons (Fsp3) is 0.238. The third-order valence-electron chi connectivity index (χ3n) is 5.33. The highest BCUT2D eigenvalue weighted by Crippen LogP contribution is 2.29. The second-order valence-corrected chi connectivity index (χ2v) is 7.15. The van der Waals surface area contributed by atoms with Gasteiger partial charge in [-0.25, -0.2) is 4.52 Å². The molecule has 1 aromatic carbocycles. The number of nitrogens with zero attached hydrogens (tertiary/aromatic N) is 4. The highest BCUT2D eigenvalue weighted by molar-refractivity contribution is 5.72. The molecule has 8 nitrogen and oxygen atoms in total. The van der Waals surface area contributed by atoms with Crippen LogP contribution in [0.4, 0.5) is 0 Å². The zero-order valence-corrected chi connectivity index (χ0v) is 15.8. The molecular formula is C21H20N6O2. The molecule has 0 radical (unpaired) electrons. The predicted octanol–water partition coefficient (Wildman–Crippen LogP) is 2.85. The van der Waals surface area contributed by atoms with E-state index in [1.807, 2.05) is 24.3 Å². The lowest BCUT2D eigenvalue weighted by Gasteiger charge is -2.23. The monoisotopic (exact) mass is 388 g/mol. The lowest BCUT2D eigenvalue weighted by atomic mass is 9.94. The van der Waals surface area contributed by atoms with Crippen molar-refractivity contribution in [2.24, 2.45) is 0 Å². The molecule has 146 valence electrons. The Balaban J connectivity index is 1.58. The second-order valence-electron chi connectivity index (χ2n) is 7.15. The summed E-state index contributed by atoms with van der Waals surface area (Å²) in [7, 11) is 0. The van der Waals surface area contributed by atoms with Crippen LogP contribution in [0, 0.1) is 0 Å². The van der Waals surface area contributed by atoms with Crippen LogP contribution in [0.2, 0.25) is 0 Å². The molecule has 4 heterocycles. The molecule has 29 heavy (non-hydrogen) atoms. The molecule has 3 aromatic heterocycles. The smallest absolute Gasteiger partial charge is 0.263 e. The fourth-order valence-electron chi connectivity index (χ4n) is 3.83. The van der Waals surface area contributed by atoms with Crippen molar-refractivity contribution in [2.45, 2.75) is 18.8 Å². The topological polar surface area (TPSA) is 101 Å². The van der Waals surface area contributed by atoms with Crippen LogP contribution < -0.4 is 10.9 Å². The zero-order chi connectivity index (χ0) is 19.8. The van der Waals surface area contributed by atoms with Crippen molar-refractivity contribution in [1.29, 1.82) is 0 Å². The SMILES string of the molecule is C=Cc1cccc(-c2noc(-c3cnn4c(C5CCNCC5)cc(=O)[nH]c34)n2)c1. The first kappa shape index (κ1) is 17.6. The van der Waals surface area contributed by atoms with Crippen LogP contribution in [0.25, 0.3) is 34.6 Å². The van der Waals surface area contributed by atoms with Gasteiger partial charge in [-0.05, 0) is 37.6 Å². The van der Waals surface area contributed by atoms with Gasteiger partial charge in [-0.1, -0.05) is 36.0 Å². The van der Waals surface area contributed by atoms with Crippen molar-refractivity contribution in [3.63, 3.8) is 0 Å². The van der Waals surface area contributed by atoms with Crippen LogP contribution in [0.1, 0.15) is 30.0 Å². The molecule has 0 saturated carbocycles. The molecular weight excluding hydrogens is 368 g/mol. The van der Waals surface area contributed by atoms with Gasteiger partial charge in [0.25, 0.3) is 11.4 Å². The normalized spacial score (nSPS) is 15.0. The summed E-state index contributed by atoms with van der Waals surface area (Å²) in [6, 6.07) is 9.36. The molecule has 0 bridgehead atoms. The molecule has 4 aromatic rings. The van der Waals surface area contributed by atoms with Gasteiger partial charge in [-0.2, -0.15) is 10.1 Å². The van der Waals surface area contributed by atoms with E-state index in [-0.39, 0.29) is 11.5 Å². The molecule has 0 amide bonds. The number of rotatable bonds is 4. The van der Waals surface area contributed by atoms with Gasteiger partial charge < -0.3 is 14.8 Å². The minimum absolute atomic E-state index is 0.161. The van der Waals surface area contributed by atoms with Crippen molar-refractivity contribution in [3.8, 4) is 22.8 Å². The summed E-state index contributed by atoms with van der Waals surface area (Å²) in [6.07, 6.45) is 5.37. The Kier molecular flexibility index (Phi) is 4.33. The van der Waals surface area contributed by atoms with E-state index in [9.17, 15) is 4.79 Å². The highest BCUT2D eigenvalue weighted by atomic mass is 16.5. The van der Waals surface area contributed by atoms with E-state index in [2.05, 4.69) is 32.1 Å². The van der Waals surface area contributed by atoms with E-state index in [4.69, 9.17) is 4.52 Å². The molecule has 1 saturated heterocycles. The Bertz CT molecular complexity index is 1250. The first-order chi connectivity index (χ1) is 14.2. The summed E-state index contributed by atoms with van der Waals surface area (Å²) >= 11 is 0. The maximum atomic E-state index is 12.3. The van der Waals surface area contributed by atoms with Crippen LogP contribution in [-0.4, -0.2) is 37.8 Å². The number of aromatic nitrogens is 5. The Morgan fingerprint density at radius 3 is 2.93 bits per heavy atom. The van der Waals surface area contributed by atoms with E-state index in [0.717, 1.165) is 42.8 Å². The maximum Gasteiger partial charge on any atom is 0.263 e. The third kappa shape index (κ3) is 3.17. The van der Waals surface area contributed by atoms with Gasteiger partial charge in [0.15, 0.2) is 0 Å². The minimum Gasteiger partial charge on any atom is -0.333 e. The summed E-state index contributed by atoms with van der Waals surface area (Å²) in [5.74, 6) is 1.07. The number of benzene rings is 1. The molecule has 0 spiro atoms. The molecule has 5 rings (SSSR count). The van der Waals surface area contributed by atoms with Crippen molar-refractivity contribution in [3.05, 3.63) is 64.7 Å². The number of hydrogen-bond acceptors (Lipinski definition) is 6. The van der Waals surface area contributed by atoms with E-state index in [0.29, 0.717) is 22.9 Å². The van der Waals surface area contributed by atoms with Gasteiger partial charge in [0, 0.05) is 17.5 Å². The van der Waals surface area contributed by atoms with Crippen molar-refractivity contribution >= 4 is 11.7 Å². The van der Waals surface area contributed by atoms with Gasteiger partial charge >= 0.3 is 0 Å². The molecule has 1 aliphatic heterocycles. The largest absolute Gasteiger partial charge is 0.333 e. The Hall–Kier alpha value is -3.52. The molecule has 2 N–H and O–H groups in total. The quantitative estimate of drug-likeness (QED) is 0.557. The second kappa shape index (κ2) is 7.14. The molecule has 0 atom stereocenters. The van der Waals surface area contributed by atoms with E-state index < -0.39 is 0 Å². The fourth-order valence-corrected chi connectivity index (χ4v) is 3.83. The van der Waals surface area contributed by atoms with E-state index in [1.54, 1.807) is 22.9 Å². The molecule has 8 heteroatoms. The number of piperidine rings is 1. The van der Waals surface area contributed by atoms with Gasteiger partial charge in [0.05, 0.1) is 11.9 Å². The number of fused-ring (bicyclic) bond motifs is 1. The number of nitrogens with one attached hydrogen (secondary N) is 2. The van der Waals surface area contributed by atoms with Gasteiger partial charge in [-0.3, -0.25) is 4.79 Å². The summed E-state index contributed by atoms with van der Waals surface area (Å²) in [6.45, 7) is 5.66. The van der Waals surface area contributed by atoms with E-state index in [1.165, 1.54) is 0 Å². The summed E-state index contributed by atoms with van der Waals surface area (Å²) in [4.78, 5) is 19.7. The zero-order valence-electron chi connectivity index (χ0n) is 15.8. The Labute approximate surface area is 166 Å². The summed E-state index contributed by atoms with van der Waals surface area (Å²) in [5, 5.41) is 12.0. The summed E-state index contributed by atoms with van der Waals surface area (Å²) in [5.41, 5.74) is 3.73.